The molecule has 2 rings (SSSR count). The molecule has 0 heterocycles. The Balaban J connectivity index is 2.22. The van der Waals surface area contributed by atoms with Crippen LogP contribution in [0.2, 0.25) is 0 Å². The molecule has 0 bridgehead atoms. The van der Waals surface area contributed by atoms with Gasteiger partial charge in [-0.3, -0.25) is 10.1 Å². The first-order valence-electron chi connectivity index (χ1n) is 5.33. The molecule has 1 aromatic rings. The first-order chi connectivity index (χ1) is 7.66. The van der Waals surface area contributed by atoms with Crippen LogP contribution in [0.15, 0.2) is 30.4 Å². The van der Waals surface area contributed by atoms with Crippen molar-refractivity contribution in [2.75, 3.05) is 5.32 Å². The molecule has 1 aliphatic carbocycles. The first kappa shape index (κ1) is 10.7. The van der Waals surface area contributed by atoms with Gasteiger partial charge in [0.2, 0.25) is 0 Å². The van der Waals surface area contributed by atoms with Crippen LogP contribution in [-0.2, 0) is 0 Å². The molecule has 1 aromatic carbocycles. The third-order valence-electron chi connectivity index (χ3n) is 2.72. The standard InChI is InChI=1S/C12H14N2O2/c1-9-6-7-11(12(8-9)14(15)16)13-10-4-2-3-5-10/h2-3,6-8,10,13H,4-5H2,1H3. The van der Waals surface area contributed by atoms with Crippen molar-refractivity contribution < 1.29 is 4.92 Å². The molecule has 0 aromatic heterocycles. The quantitative estimate of drug-likeness (QED) is 0.482. The van der Waals surface area contributed by atoms with Crippen LogP contribution in [-0.4, -0.2) is 11.0 Å². The summed E-state index contributed by atoms with van der Waals surface area (Å²) in [6.07, 6.45) is 6.06. The van der Waals surface area contributed by atoms with Crippen molar-refractivity contribution in [3.63, 3.8) is 0 Å². The molecule has 0 radical (unpaired) electrons. The van der Waals surface area contributed by atoms with Crippen LogP contribution in [0.4, 0.5) is 11.4 Å². The second-order valence-corrected chi connectivity index (χ2v) is 4.06. The monoisotopic (exact) mass is 218 g/mol. The highest BCUT2D eigenvalue weighted by atomic mass is 16.6. The van der Waals surface area contributed by atoms with Crippen molar-refractivity contribution in [2.24, 2.45) is 0 Å². The number of nitro benzene ring substituents is 1. The molecule has 0 fully saturated rings. The molecule has 0 amide bonds. The van der Waals surface area contributed by atoms with Gasteiger partial charge in [0.05, 0.1) is 4.92 Å². The number of aryl methyl sites for hydroxylation is 1. The maximum Gasteiger partial charge on any atom is 0.292 e. The lowest BCUT2D eigenvalue weighted by Gasteiger charge is -2.13. The Morgan fingerprint density at radius 1 is 1.38 bits per heavy atom. The summed E-state index contributed by atoms with van der Waals surface area (Å²) >= 11 is 0. The maximum atomic E-state index is 10.9. The Morgan fingerprint density at radius 2 is 2.06 bits per heavy atom. The van der Waals surface area contributed by atoms with Crippen LogP contribution >= 0.6 is 0 Å². The molecule has 16 heavy (non-hydrogen) atoms. The van der Waals surface area contributed by atoms with E-state index in [1.165, 1.54) is 0 Å². The normalized spacial score (nSPS) is 15.3. The van der Waals surface area contributed by atoms with Gasteiger partial charge in [-0.15, -0.1) is 0 Å². The molecule has 0 unspecified atom stereocenters. The average molecular weight is 218 g/mol. The number of hydrogen-bond acceptors (Lipinski definition) is 3. The van der Waals surface area contributed by atoms with E-state index in [9.17, 15) is 10.1 Å². The number of benzene rings is 1. The lowest BCUT2D eigenvalue weighted by Crippen LogP contribution is -2.15. The summed E-state index contributed by atoms with van der Waals surface area (Å²) in [5.41, 5.74) is 1.68. The fourth-order valence-electron chi connectivity index (χ4n) is 1.87. The van der Waals surface area contributed by atoms with E-state index >= 15 is 0 Å². The van der Waals surface area contributed by atoms with Crippen LogP contribution in [0, 0.1) is 17.0 Å². The lowest BCUT2D eigenvalue weighted by molar-refractivity contribution is -0.384. The molecule has 84 valence electrons. The molecule has 1 aliphatic rings. The Labute approximate surface area is 94.1 Å². The first-order valence-corrected chi connectivity index (χ1v) is 5.33. The number of hydrogen-bond donors (Lipinski definition) is 1. The average Bonchev–Trinajstić information content (AvgIpc) is 2.73. The van der Waals surface area contributed by atoms with Crippen LogP contribution in [0.25, 0.3) is 0 Å². The van der Waals surface area contributed by atoms with Gasteiger partial charge in [0.15, 0.2) is 0 Å². The number of nitrogens with one attached hydrogen (secondary N) is 1. The van der Waals surface area contributed by atoms with E-state index in [0.717, 1.165) is 18.4 Å². The minimum absolute atomic E-state index is 0.159. The second-order valence-electron chi connectivity index (χ2n) is 4.06. The third kappa shape index (κ3) is 2.21. The van der Waals surface area contributed by atoms with E-state index in [1.807, 2.05) is 13.0 Å². The molecule has 4 heteroatoms. The maximum absolute atomic E-state index is 10.9. The van der Waals surface area contributed by atoms with Crippen LogP contribution < -0.4 is 5.32 Å². The summed E-state index contributed by atoms with van der Waals surface area (Å²) < 4.78 is 0. The Kier molecular flexibility index (Phi) is 2.90. The van der Waals surface area contributed by atoms with Gasteiger partial charge < -0.3 is 5.32 Å². The van der Waals surface area contributed by atoms with E-state index in [0.29, 0.717) is 11.7 Å². The van der Waals surface area contributed by atoms with Crippen LogP contribution in [0.3, 0.4) is 0 Å². The summed E-state index contributed by atoms with van der Waals surface area (Å²) in [6, 6.07) is 5.57. The largest absolute Gasteiger partial charge is 0.376 e. The molecule has 1 N–H and O–H groups in total. The van der Waals surface area contributed by atoms with Crippen molar-refractivity contribution >= 4 is 11.4 Å². The zero-order valence-corrected chi connectivity index (χ0v) is 9.14. The molecule has 0 spiro atoms. The van der Waals surface area contributed by atoms with E-state index in [-0.39, 0.29) is 10.6 Å². The minimum Gasteiger partial charge on any atom is -0.376 e. The fraction of sp³-hybridized carbons (Fsp3) is 0.333. The SMILES string of the molecule is Cc1ccc(NC2CC=CC2)c([N+](=O)[O-])c1. The van der Waals surface area contributed by atoms with Gasteiger partial charge in [-0.05, 0) is 31.4 Å². The lowest BCUT2D eigenvalue weighted by atomic mass is 10.1. The van der Waals surface area contributed by atoms with Gasteiger partial charge in [0.25, 0.3) is 5.69 Å². The number of anilines is 1. The van der Waals surface area contributed by atoms with E-state index in [4.69, 9.17) is 0 Å². The molecule has 0 atom stereocenters. The zero-order valence-electron chi connectivity index (χ0n) is 9.14. The summed E-state index contributed by atoms with van der Waals surface area (Å²) in [7, 11) is 0. The van der Waals surface area contributed by atoms with Crippen molar-refractivity contribution in [3.8, 4) is 0 Å². The van der Waals surface area contributed by atoms with E-state index < -0.39 is 0 Å². The molecule has 0 saturated carbocycles. The second kappa shape index (κ2) is 4.35. The zero-order chi connectivity index (χ0) is 11.5. The summed E-state index contributed by atoms with van der Waals surface area (Å²) in [4.78, 5) is 10.6. The van der Waals surface area contributed by atoms with E-state index in [1.54, 1.807) is 12.1 Å². The fourth-order valence-corrected chi connectivity index (χ4v) is 1.87. The van der Waals surface area contributed by atoms with Gasteiger partial charge in [-0.2, -0.15) is 0 Å². The Bertz CT molecular complexity index is 433. The van der Waals surface area contributed by atoms with Gasteiger partial charge in [-0.25, -0.2) is 0 Å². The Hall–Kier alpha value is -1.84. The van der Waals surface area contributed by atoms with Gasteiger partial charge in [0, 0.05) is 12.1 Å². The van der Waals surface area contributed by atoms with Crippen molar-refractivity contribution in [1.29, 1.82) is 0 Å². The van der Waals surface area contributed by atoms with Crippen molar-refractivity contribution in [2.45, 2.75) is 25.8 Å². The Morgan fingerprint density at radius 3 is 2.69 bits per heavy atom. The summed E-state index contributed by atoms with van der Waals surface area (Å²) in [5, 5.41) is 14.1. The molecule has 0 aliphatic heterocycles. The van der Waals surface area contributed by atoms with Crippen molar-refractivity contribution in [3.05, 3.63) is 46.0 Å². The van der Waals surface area contributed by atoms with Crippen molar-refractivity contribution in [1.82, 2.24) is 0 Å². The summed E-state index contributed by atoms with van der Waals surface area (Å²) in [5.74, 6) is 0. The van der Waals surface area contributed by atoms with Crippen LogP contribution in [0.5, 0.6) is 0 Å². The van der Waals surface area contributed by atoms with E-state index in [2.05, 4.69) is 17.5 Å². The number of nitro groups is 1. The highest BCUT2D eigenvalue weighted by molar-refractivity contribution is 5.63. The number of rotatable bonds is 3. The number of nitrogens with zero attached hydrogens (tertiary/aromatic N) is 1. The topological polar surface area (TPSA) is 55.2 Å². The van der Waals surface area contributed by atoms with Gasteiger partial charge in [0.1, 0.15) is 5.69 Å². The molecule has 0 saturated heterocycles. The highest BCUT2D eigenvalue weighted by Gasteiger charge is 2.17. The minimum atomic E-state index is -0.336. The molecular weight excluding hydrogens is 204 g/mol. The predicted octanol–water partition coefficient (Wildman–Crippen LogP) is 3.03. The van der Waals surface area contributed by atoms with Gasteiger partial charge in [-0.1, -0.05) is 18.2 Å². The highest BCUT2D eigenvalue weighted by Crippen LogP contribution is 2.27. The third-order valence-corrected chi connectivity index (χ3v) is 2.72. The van der Waals surface area contributed by atoms with Gasteiger partial charge >= 0.3 is 0 Å². The summed E-state index contributed by atoms with van der Waals surface area (Å²) in [6.45, 7) is 1.86. The predicted molar refractivity (Wildman–Crippen MR) is 63.6 cm³/mol. The van der Waals surface area contributed by atoms with Crippen LogP contribution in [0.1, 0.15) is 18.4 Å². The molecule has 4 nitrogen and oxygen atoms in total. The smallest absolute Gasteiger partial charge is 0.292 e. The molecular formula is C12H14N2O2.